The maximum absolute atomic E-state index is 11.8. The van der Waals surface area contributed by atoms with Gasteiger partial charge in [0.2, 0.25) is 0 Å². The van der Waals surface area contributed by atoms with E-state index in [0.717, 1.165) is 65.9 Å². The van der Waals surface area contributed by atoms with Gasteiger partial charge in [-0.3, -0.25) is 19.9 Å². The van der Waals surface area contributed by atoms with Crippen LogP contribution >= 0.6 is 11.3 Å². The lowest BCUT2D eigenvalue weighted by Gasteiger charge is -2.03. The number of pyridine rings is 2. The Kier molecular flexibility index (Phi) is 4.27. The monoisotopic (exact) mass is 453 g/mol. The Balaban J connectivity index is 1.49. The van der Waals surface area contributed by atoms with E-state index in [1.165, 1.54) is 11.3 Å². The van der Waals surface area contributed by atoms with E-state index in [1.807, 2.05) is 49.0 Å². The van der Waals surface area contributed by atoms with Gasteiger partial charge in [0.25, 0.3) is 0 Å². The molecule has 0 aromatic carbocycles. The molecule has 0 aliphatic heterocycles. The second kappa shape index (κ2) is 7.21. The summed E-state index contributed by atoms with van der Waals surface area (Å²) in [6.07, 6.45) is 5.41. The average Bonchev–Trinajstić information content (AvgIpc) is 3.59. The summed E-state index contributed by atoms with van der Waals surface area (Å²) in [5.74, 6) is 0.987. The number of aromatic nitrogens is 7. The van der Waals surface area contributed by atoms with E-state index in [1.54, 1.807) is 19.3 Å². The van der Waals surface area contributed by atoms with Crippen molar-refractivity contribution in [3.8, 4) is 33.3 Å². The molecule has 0 fully saturated rings. The number of hydrogen-bond acceptors (Lipinski definition) is 6. The van der Waals surface area contributed by atoms with Crippen molar-refractivity contribution in [2.24, 2.45) is 7.05 Å². The first-order valence-corrected chi connectivity index (χ1v) is 11.2. The number of aryl methyl sites for hydroxylation is 1. The number of carbonyl (C=O) groups is 1. The summed E-state index contributed by atoms with van der Waals surface area (Å²) in [6.45, 7) is 3.55. The Morgan fingerprint density at radius 3 is 2.61 bits per heavy atom. The Labute approximate surface area is 192 Å². The summed E-state index contributed by atoms with van der Waals surface area (Å²) in [5, 5.41) is 9.61. The van der Waals surface area contributed by atoms with E-state index in [4.69, 9.17) is 0 Å². The van der Waals surface area contributed by atoms with E-state index in [-0.39, 0.29) is 5.78 Å². The minimum Gasteiger partial charge on any atom is -0.353 e. The molecule has 6 aromatic heterocycles. The van der Waals surface area contributed by atoms with Crippen LogP contribution in [0, 0.1) is 6.92 Å². The third-order valence-electron chi connectivity index (χ3n) is 5.92. The molecule has 6 rings (SSSR count). The second-order valence-electron chi connectivity index (χ2n) is 7.96. The summed E-state index contributed by atoms with van der Waals surface area (Å²) >= 11 is 1.46. The molecule has 0 aliphatic rings. The van der Waals surface area contributed by atoms with Crippen LogP contribution < -0.4 is 0 Å². The first kappa shape index (κ1) is 19.6. The van der Waals surface area contributed by atoms with E-state index >= 15 is 0 Å². The lowest BCUT2D eigenvalue weighted by Crippen LogP contribution is -1.95. The minimum atomic E-state index is 0.0594. The first-order chi connectivity index (χ1) is 16.0. The fourth-order valence-corrected chi connectivity index (χ4v) is 4.95. The van der Waals surface area contributed by atoms with Gasteiger partial charge < -0.3 is 9.55 Å². The van der Waals surface area contributed by atoms with Gasteiger partial charge in [0, 0.05) is 29.5 Å². The van der Waals surface area contributed by atoms with E-state index < -0.39 is 0 Å². The summed E-state index contributed by atoms with van der Waals surface area (Å²) in [7, 11) is 1.98. The van der Waals surface area contributed by atoms with Gasteiger partial charge in [-0.25, -0.2) is 4.98 Å². The van der Waals surface area contributed by atoms with Gasteiger partial charge in [0.05, 0.1) is 50.4 Å². The zero-order valence-corrected chi connectivity index (χ0v) is 19.0. The number of hydrogen-bond donors (Lipinski definition) is 2. The van der Waals surface area contributed by atoms with Crippen molar-refractivity contribution < 1.29 is 4.79 Å². The zero-order valence-electron chi connectivity index (χ0n) is 18.2. The van der Waals surface area contributed by atoms with Crippen LogP contribution in [-0.2, 0) is 7.05 Å². The van der Waals surface area contributed by atoms with Crippen LogP contribution in [0.15, 0.2) is 48.9 Å². The standard InChI is InChI=1S/C24H19N7OS/c1-12(32)21-4-5-22(33-21)24-14-9-18(28-16(14)6-7-25-24)23-15-8-17(27-10-19(15)29-30-23)20-11-26-13(2)31(20)3/h4-11,28H,1-3H3,(H,29,30). The van der Waals surface area contributed by atoms with Crippen LogP contribution in [-0.4, -0.2) is 40.5 Å². The second-order valence-corrected chi connectivity index (χ2v) is 9.04. The predicted octanol–water partition coefficient (Wildman–Crippen LogP) is 5.14. The molecule has 0 radical (unpaired) electrons. The molecule has 2 N–H and O–H groups in total. The SMILES string of the molecule is CC(=O)c1ccc(-c2nccc3[nH]c(-c4n[nH]c5cnc(-c6cnc(C)n6C)cc45)cc23)s1. The van der Waals surface area contributed by atoms with Crippen LogP contribution in [0.4, 0.5) is 0 Å². The smallest absolute Gasteiger partial charge is 0.169 e. The number of carbonyl (C=O) groups excluding carboxylic acids is 1. The van der Waals surface area contributed by atoms with Crippen LogP contribution in [0.25, 0.3) is 55.2 Å². The van der Waals surface area contributed by atoms with Gasteiger partial charge in [-0.1, -0.05) is 0 Å². The highest BCUT2D eigenvalue weighted by atomic mass is 32.1. The minimum absolute atomic E-state index is 0.0594. The maximum Gasteiger partial charge on any atom is 0.169 e. The molecule has 8 nitrogen and oxygen atoms in total. The molecule has 0 atom stereocenters. The van der Waals surface area contributed by atoms with Crippen molar-refractivity contribution in [2.75, 3.05) is 0 Å². The molecular formula is C24H19N7OS. The van der Waals surface area contributed by atoms with E-state index in [2.05, 4.69) is 36.2 Å². The van der Waals surface area contributed by atoms with Crippen LogP contribution in [0.2, 0.25) is 0 Å². The van der Waals surface area contributed by atoms with Crippen molar-refractivity contribution in [1.82, 2.24) is 34.7 Å². The number of nitrogens with one attached hydrogen (secondary N) is 2. The van der Waals surface area contributed by atoms with Crippen LogP contribution in [0.1, 0.15) is 22.4 Å². The normalized spacial score (nSPS) is 11.6. The maximum atomic E-state index is 11.8. The van der Waals surface area contributed by atoms with Crippen LogP contribution in [0.3, 0.4) is 0 Å². The largest absolute Gasteiger partial charge is 0.353 e. The number of rotatable bonds is 4. The fourth-order valence-electron chi connectivity index (χ4n) is 4.03. The van der Waals surface area contributed by atoms with Crippen molar-refractivity contribution in [1.29, 1.82) is 0 Å². The Morgan fingerprint density at radius 1 is 1.00 bits per heavy atom. The quantitative estimate of drug-likeness (QED) is 0.360. The number of thiophene rings is 1. The fraction of sp³-hybridized carbons (Fsp3) is 0.125. The molecule has 0 bridgehead atoms. The molecule has 0 unspecified atom stereocenters. The first-order valence-electron chi connectivity index (χ1n) is 10.4. The van der Waals surface area contributed by atoms with Gasteiger partial charge in [-0.2, -0.15) is 5.10 Å². The highest BCUT2D eigenvalue weighted by molar-refractivity contribution is 7.17. The van der Waals surface area contributed by atoms with Gasteiger partial charge in [-0.05, 0) is 44.2 Å². The van der Waals surface area contributed by atoms with Gasteiger partial charge in [0.15, 0.2) is 5.78 Å². The highest BCUT2D eigenvalue weighted by Crippen LogP contribution is 2.36. The van der Waals surface area contributed by atoms with Crippen LogP contribution in [0.5, 0.6) is 0 Å². The van der Waals surface area contributed by atoms with Crippen molar-refractivity contribution in [2.45, 2.75) is 13.8 Å². The molecule has 6 heterocycles. The average molecular weight is 454 g/mol. The van der Waals surface area contributed by atoms with Gasteiger partial charge in [0.1, 0.15) is 11.5 Å². The summed E-state index contributed by atoms with van der Waals surface area (Å²) < 4.78 is 2.02. The summed E-state index contributed by atoms with van der Waals surface area (Å²) in [5.41, 5.74) is 6.14. The van der Waals surface area contributed by atoms with E-state index in [9.17, 15) is 4.79 Å². The number of nitrogens with zero attached hydrogens (tertiary/aromatic N) is 5. The Morgan fingerprint density at radius 2 is 1.85 bits per heavy atom. The molecule has 33 heavy (non-hydrogen) atoms. The summed E-state index contributed by atoms with van der Waals surface area (Å²) in [6, 6.07) is 9.85. The lowest BCUT2D eigenvalue weighted by atomic mass is 10.1. The van der Waals surface area contributed by atoms with Crippen molar-refractivity contribution in [3.63, 3.8) is 0 Å². The predicted molar refractivity (Wildman–Crippen MR) is 129 cm³/mol. The number of aromatic amines is 2. The Bertz CT molecular complexity index is 1680. The molecule has 0 amide bonds. The highest BCUT2D eigenvalue weighted by Gasteiger charge is 2.17. The third kappa shape index (κ3) is 3.08. The molecule has 162 valence electrons. The third-order valence-corrected chi connectivity index (χ3v) is 7.11. The molecule has 6 aromatic rings. The topological polar surface area (TPSA) is 105 Å². The number of fused-ring (bicyclic) bond motifs is 2. The zero-order chi connectivity index (χ0) is 22.7. The summed E-state index contributed by atoms with van der Waals surface area (Å²) in [4.78, 5) is 30.5. The lowest BCUT2D eigenvalue weighted by molar-refractivity contribution is 0.102. The molecule has 9 heteroatoms. The molecule has 0 spiro atoms. The number of ketones is 1. The number of imidazole rings is 1. The number of Topliss-reactive ketones (excluding diaryl/α,β-unsaturated/α-hetero) is 1. The molecular weight excluding hydrogens is 434 g/mol. The molecule has 0 saturated heterocycles. The van der Waals surface area contributed by atoms with E-state index in [0.29, 0.717) is 0 Å². The molecule has 0 saturated carbocycles. The number of H-pyrrole nitrogens is 2. The molecule has 0 aliphatic carbocycles. The van der Waals surface area contributed by atoms with Gasteiger partial charge >= 0.3 is 0 Å². The van der Waals surface area contributed by atoms with Gasteiger partial charge in [-0.15, -0.1) is 11.3 Å². The van der Waals surface area contributed by atoms with Crippen molar-refractivity contribution >= 4 is 38.9 Å². The van der Waals surface area contributed by atoms with Crippen molar-refractivity contribution in [3.05, 3.63) is 59.6 Å². The Hall–Kier alpha value is -4.11.